The van der Waals surface area contributed by atoms with Crippen molar-refractivity contribution in [3.8, 4) is 0 Å². The number of hydrogen-bond donors (Lipinski definition) is 0. The Bertz CT molecular complexity index is 867. The van der Waals surface area contributed by atoms with Crippen LogP contribution in [0.2, 0.25) is 0 Å². The largest absolute Gasteiger partial charge is 0.469 e. The highest BCUT2D eigenvalue weighted by atomic mass is 32.2. The van der Waals surface area contributed by atoms with Gasteiger partial charge in [-0.25, -0.2) is 8.42 Å². The fraction of sp³-hybridized carbons (Fsp3) is 0.389. The summed E-state index contributed by atoms with van der Waals surface area (Å²) in [6.45, 7) is 3.09. The van der Waals surface area contributed by atoms with E-state index in [4.69, 9.17) is 4.42 Å². The number of benzene rings is 1. The van der Waals surface area contributed by atoms with E-state index in [1.54, 1.807) is 23.3 Å². The second-order valence-corrected chi connectivity index (χ2v) is 8.16. The summed E-state index contributed by atoms with van der Waals surface area (Å²) in [6.07, 6.45) is 5.14. The van der Waals surface area contributed by atoms with Gasteiger partial charge in [0.05, 0.1) is 11.2 Å². The number of nitrogens with zero attached hydrogens (tertiary/aromatic N) is 1. The number of furan rings is 1. The number of carbonyl (C=O) groups is 1. The second kappa shape index (κ2) is 6.43. The molecule has 2 heterocycles. The van der Waals surface area contributed by atoms with Crippen LogP contribution in [0.1, 0.15) is 40.6 Å². The van der Waals surface area contributed by atoms with Crippen molar-refractivity contribution >= 4 is 15.7 Å². The van der Waals surface area contributed by atoms with E-state index in [1.165, 1.54) is 6.07 Å². The highest BCUT2D eigenvalue weighted by Gasteiger charge is 2.24. The zero-order valence-electron chi connectivity index (χ0n) is 13.9. The fourth-order valence-electron chi connectivity index (χ4n) is 3.08. The fourth-order valence-corrected chi connectivity index (χ4v) is 3.73. The van der Waals surface area contributed by atoms with Gasteiger partial charge < -0.3 is 9.32 Å². The van der Waals surface area contributed by atoms with Crippen molar-refractivity contribution in [2.45, 2.75) is 37.6 Å². The molecule has 1 aromatic heterocycles. The predicted octanol–water partition coefficient (Wildman–Crippen LogP) is 2.83. The molecule has 1 aliphatic rings. The van der Waals surface area contributed by atoms with Crippen LogP contribution in [-0.4, -0.2) is 32.0 Å². The first-order valence-corrected chi connectivity index (χ1v) is 9.96. The summed E-state index contributed by atoms with van der Waals surface area (Å²) in [6, 6.07) is 6.72. The summed E-state index contributed by atoms with van der Waals surface area (Å²) < 4.78 is 29.1. The van der Waals surface area contributed by atoms with Gasteiger partial charge in [-0.1, -0.05) is 13.0 Å². The normalized spacial score (nSPS) is 15.0. The van der Waals surface area contributed by atoms with E-state index in [0.29, 0.717) is 25.1 Å². The zero-order chi connectivity index (χ0) is 17.3. The number of carbonyl (C=O) groups excluding carboxylic acids is 1. The first-order chi connectivity index (χ1) is 11.4. The monoisotopic (exact) mass is 347 g/mol. The van der Waals surface area contributed by atoms with Crippen LogP contribution in [0.5, 0.6) is 0 Å². The summed E-state index contributed by atoms with van der Waals surface area (Å²) in [7, 11) is -3.35. The molecule has 0 spiro atoms. The molecule has 128 valence electrons. The van der Waals surface area contributed by atoms with Crippen LogP contribution in [0, 0.1) is 0 Å². The molecule has 0 saturated carbocycles. The minimum atomic E-state index is -3.35. The van der Waals surface area contributed by atoms with Crippen LogP contribution in [0.4, 0.5) is 0 Å². The minimum Gasteiger partial charge on any atom is -0.469 e. The minimum absolute atomic E-state index is 0.119. The van der Waals surface area contributed by atoms with Gasteiger partial charge in [0.2, 0.25) is 0 Å². The van der Waals surface area contributed by atoms with Gasteiger partial charge in [0.25, 0.3) is 5.91 Å². The molecule has 1 aromatic carbocycles. The predicted molar refractivity (Wildman–Crippen MR) is 90.7 cm³/mol. The molecular weight excluding hydrogens is 326 g/mol. The second-order valence-electron chi connectivity index (χ2n) is 6.14. The Morgan fingerprint density at radius 1 is 1.29 bits per heavy atom. The van der Waals surface area contributed by atoms with Crippen molar-refractivity contribution in [3.05, 3.63) is 53.0 Å². The number of sulfone groups is 1. The summed E-state index contributed by atoms with van der Waals surface area (Å²) in [4.78, 5) is 15.0. The summed E-state index contributed by atoms with van der Waals surface area (Å²) in [5.74, 6) is 0.817. The molecule has 0 fully saturated rings. The highest BCUT2D eigenvalue weighted by Crippen LogP contribution is 2.24. The molecular formula is C18H21NO4S. The lowest BCUT2D eigenvalue weighted by Gasteiger charge is -2.22. The maximum atomic E-state index is 13.0. The Morgan fingerprint density at radius 3 is 2.79 bits per heavy atom. The van der Waals surface area contributed by atoms with E-state index in [2.05, 4.69) is 0 Å². The van der Waals surface area contributed by atoms with Gasteiger partial charge >= 0.3 is 0 Å². The molecule has 0 atom stereocenters. The van der Waals surface area contributed by atoms with Crippen LogP contribution >= 0.6 is 0 Å². The molecule has 0 aliphatic carbocycles. The van der Waals surface area contributed by atoms with Gasteiger partial charge in [-0.15, -0.1) is 0 Å². The van der Waals surface area contributed by atoms with Gasteiger partial charge in [-0.3, -0.25) is 4.79 Å². The smallest absolute Gasteiger partial charge is 0.254 e. The van der Waals surface area contributed by atoms with Crippen molar-refractivity contribution in [2.75, 3.05) is 12.8 Å². The number of rotatable bonds is 3. The Hall–Kier alpha value is -2.08. The average Bonchev–Trinajstić information content (AvgIpc) is 2.89. The Balaban J connectivity index is 1.97. The SMILES string of the molecule is CCc1ccc(S(C)(=O)=O)cc1C(=O)N1CCCc2occc2C1. The molecule has 3 rings (SSSR count). The molecule has 0 bridgehead atoms. The van der Waals surface area contributed by atoms with Gasteiger partial charge in [0.15, 0.2) is 9.84 Å². The molecule has 1 amide bonds. The molecule has 0 N–H and O–H groups in total. The van der Waals surface area contributed by atoms with Crippen LogP contribution in [-0.2, 0) is 29.2 Å². The molecule has 24 heavy (non-hydrogen) atoms. The van der Waals surface area contributed by atoms with Crippen LogP contribution in [0.3, 0.4) is 0 Å². The third kappa shape index (κ3) is 3.24. The maximum absolute atomic E-state index is 13.0. The molecule has 2 aromatic rings. The first kappa shape index (κ1) is 16.8. The molecule has 6 heteroatoms. The maximum Gasteiger partial charge on any atom is 0.254 e. The summed E-state index contributed by atoms with van der Waals surface area (Å²) in [5.41, 5.74) is 2.37. The standard InChI is InChI=1S/C18H21NO4S/c1-3-13-6-7-15(24(2,21)22)11-16(13)18(20)19-9-4-5-17-14(12-19)8-10-23-17/h6-8,10-11H,3-5,9,12H2,1-2H3. The summed E-state index contributed by atoms with van der Waals surface area (Å²) in [5, 5.41) is 0. The average molecular weight is 347 g/mol. The van der Waals surface area contributed by atoms with Crippen LogP contribution < -0.4 is 0 Å². The van der Waals surface area contributed by atoms with E-state index in [0.717, 1.165) is 36.0 Å². The highest BCUT2D eigenvalue weighted by molar-refractivity contribution is 7.90. The third-order valence-corrected chi connectivity index (χ3v) is 5.55. The van der Waals surface area contributed by atoms with E-state index >= 15 is 0 Å². The van der Waals surface area contributed by atoms with Gasteiger partial charge in [-0.2, -0.15) is 0 Å². The van der Waals surface area contributed by atoms with E-state index < -0.39 is 9.84 Å². The molecule has 0 saturated heterocycles. The number of aryl methyl sites for hydroxylation is 2. The van der Waals surface area contributed by atoms with Crippen molar-refractivity contribution in [3.63, 3.8) is 0 Å². The van der Waals surface area contributed by atoms with E-state index in [1.807, 2.05) is 13.0 Å². The zero-order valence-corrected chi connectivity index (χ0v) is 14.7. The van der Waals surface area contributed by atoms with Crippen molar-refractivity contribution in [2.24, 2.45) is 0 Å². The lowest BCUT2D eigenvalue weighted by Crippen LogP contribution is -2.31. The first-order valence-electron chi connectivity index (χ1n) is 8.07. The van der Waals surface area contributed by atoms with Gasteiger partial charge in [-0.05, 0) is 36.6 Å². The molecule has 0 radical (unpaired) electrons. The Morgan fingerprint density at radius 2 is 2.08 bits per heavy atom. The Kier molecular flexibility index (Phi) is 4.49. The van der Waals surface area contributed by atoms with Crippen molar-refractivity contribution < 1.29 is 17.6 Å². The molecule has 0 unspecified atom stereocenters. The van der Waals surface area contributed by atoms with E-state index in [-0.39, 0.29) is 10.8 Å². The number of hydrogen-bond acceptors (Lipinski definition) is 4. The third-order valence-electron chi connectivity index (χ3n) is 4.44. The molecule has 5 nitrogen and oxygen atoms in total. The summed E-state index contributed by atoms with van der Waals surface area (Å²) >= 11 is 0. The van der Waals surface area contributed by atoms with Gasteiger partial charge in [0, 0.05) is 36.9 Å². The number of fused-ring (bicyclic) bond motifs is 1. The van der Waals surface area contributed by atoms with Crippen LogP contribution in [0.25, 0.3) is 0 Å². The topological polar surface area (TPSA) is 67.6 Å². The van der Waals surface area contributed by atoms with Crippen molar-refractivity contribution in [1.29, 1.82) is 0 Å². The van der Waals surface area contributed by atoms with Crippen LogP contribution in [0.15, 0.2) is 39.8 Å². The Labute approximate surface area is 142 Å². The quantitative estimate of drug-likeness (QED) is 0.856. The van der Waals surface area contributed by atoms with Crippen molar-refractivity contribution in [1.82, 2.24) is 4.90 Å². The van der Waals surface area contributed by atoms with Gasteiger partial charge in [0.1, 0.15) is 5.76 Å². The molecule has 1 aliphatic heterocycles. The lowest BCUT2D eigenvalue weighted by atomic mass is 10.0. The number of amides is 1. The van der Waals surface area contributed by atoms with E-state index in [9.17, 15) is 13.2 Å². The lowest BCUT2D eigenvalue weighted by molar-refractivity contribution is 0.0744.